The number of amides is 1. The smallest absolute Gasteiger partial charge is 0.242 e. The fourth-order valence-corrected chi connectivity index (χ4v) is 3.28. The van der Waals surface area contributed by atoms with Crippen LogP contribution in [0.4, 0.5) is 0 Å². The van der Waals surface area contributed by atoms with Crippen molar-refractivity contribution in [2.75, 3.05) is 0 Å². The number of nitrogens with one attached hydrogen (secondary N) is 1. The van der Waals surface area contributed by atoms with E-state index in [4.69, 9.17) is 0 Å². The van der Waals surface area contributed by atoms with Crippen molar-refractivity contribution in [1.82, 2.24) is 5.32 Å². The largest absolute Gasteiger partial charge is 0.393 e. The molecule has 1 aliphatic heterocycles. The maximum atomic E-state index is 11.9. The Bertz CT molecular complexity index is 356. The van der Waals surface area contributed by atoms with Gasteiger partial charge in [-0.2, -0.15) is 0 Å². The van der Waals surface area contributed by atoms with Gasteiger partial charge in [-0.15, -0.1) is 0 Å². The highest BCUT2D eigenvalue weighted by Gasteiger charge is 2.45. The van der Waals surface area contributed by atoms with E-state index < -0.39 is 4.75 Å². The summed E-state index contributed by atoms with van der Waals surface area (Å²) in [6, 6.07) is 0.169. The van der Waals surface area contributed by atoms with Crippen LogP contribution >= 0.6 is 11.8 Å². The van der Waals surface area contributed by atoms with Crippen LogP contribution in [-0.2, 0) is 4.79 Å². The summed E-state index contributed by atoms with van der Waals surface area (Å²) < 4.78 is -0.407. The summed E-state index contributed by atoms with van der Waals surface area (Å²) in [5.41, 5.74) is 0. The number of hydrogen-bond acceptors (Lipinski definition) is 4. The molecule has 0 aromatic carbocycles. The van der Waals surface area contributed by atoms with Gasteiger partial charge in [0.2, 0.25) is 5.91 Å². The molecule has 1 saturated heterocycles. The molecule has 2 rings (SSSR count). The molecule has 0 spiro atoms. The van der Waals surface area contributed by atoms with Crippen molar-refractivity contribution in [2.45, 2.75) is 56.9 Å². The third kappa shape index (κ3) is 2.50. The Morgan fingerprint density at radius 1 is 1.53 bits per heavy atom. The van der Waals surface area contributed by atoms with Crippen LogP contribution in [0, 0.1) is 5.92 Å². The fourth-order valence-electron chi connectivity index (χ4n) is 2.15. The Morgan fingerprint density at radius 2 is 2.24 bits per heavy atom. The van der Waals surface area contributed by atoms with Gasteiger partial charge in [0.15, 0.2) is 5.17 Å². The van der Waals surface area contributed by atoms with E-state index >= 15 is 0 Å². The predicted molar refractivity (Wildman–Crippen MR) is 70.1 cm³/mol. The van der Waals surface area contributed by atoms with Crippen molar-refractivity contribution in [1.29, 1.82) is 0 Å². The molecule has 0 radical (unpaired) electrons. The van der Waals surface area contributed by atoms with Crippen molar-refractivity contribution in [2.24, 2.45) is 10.9 Å². The van der Waals surface area contributed by atoms with Gasteiger partial charge in [-0.25, -0.2) is 0 Å². The fraction of sp³-hybridized carbons (Fsp3) is 0.833. The van der Waals surface area contributed by atoms with Gasteiger partial charge in [0, 0.05) is 0 Å². The second-order valence-corrected chi connectivity index (χ2v) is 6.81. The molecule has 2 aliphatic rings. The third-order valence-electron chi connectivity index (χ3n) is 3.76. The van der Waals surface area contributed by atoms with E-state index in [-0.39, 0.29) is 24.0 Å². The van der Waals surface area contributed by atoms with Gasteiger partial charge < -0.3 is 10.4 Å². The molecular weight excluding hydrogens is 236 g/mol. The first kappa shape index (κ1) is 12.9. The molecule has 1 heterocycles. The molecule has 1 aliphatic carbocycles. The lowest BCUT2D eigenvalue weighted by Gasteiger charge is -2.22. The first-order valence-electron chi connectivity index (χ1n) is 6.18. The van der Waals surface area contributed by atoms with Crippen LogP contribution < -0.4 is 5.32 Å². The summed E-state index contributed by atoms with van der Waals surface area (Å²) >= 11 is 1.52. The predicted octanol–water partition coefficient (Wildman–Crippen LogP) is 1.53. The van der Waals surface area contributed by atoms with Gasteiger partial charge in [0.05, 0.1) is 12.1 Å². The van der Waals surface area contributed by atoms with E-state index in [1.54, 1.807) is 0 Å². The molecule has 5 heteroatoms. The molecule has 3 atom stereocenters. The van der Waals surface area contributed by atoms with Gasteiger partial charge in [-0.1, -0.05) is 25.6 Å². The van der Waals surface area contributed by atoms with Crippen LogP contribution in [0.5, 0.6) is 0 Å². The lowest BCUT2D eigenvalue weighted by Crippen LogP contribution is -2.38. The molecule has 2 fully saturated rings. The molecule has 0 aromatic rings. The summed E-state index contributed by atoms with van der Waals surface area (Å²) in [5, 5.41) is 13.0. The number of amidine groups is 1. The zero-order valence-corrected chi connectivity index (χ0v) is 11.4. The quantitative estimate of drug-likeness (QED) is 0.787. The van der Waals surface area contributed by atoms with Crippen LogP contribution in [-0.4, -0.2) is 33.1 Å². The van der Waals surface area contributed by atoms with Crippen LogP contribution in [0.3, 0.4) is 0 Å². The minimum Gasteiger partial charge on any atom is -0.393 e. The van der Waals surface area contributed by atoms with Gasteiger partial charge in [-0.05, 0) is 32.1 Å². The molecular formula is C12H20N2O2S. The monoisotopic (exact) mass is 256 g/mol. The van der Waals surface area contributed by atoms with Crippen molar-refractivity contribution < 1.29 is 9.90 Å². The Balaban J connectivity index is 2.06. The van der Waals surface area contributed by atoms with Crippen molar-refractivity contribution >= 4 is 22.8 Å². The average molecular weight is 256 g/mol. The number of aliphatic hydroxyl groups excluding tert-OH is 1. The molecule has 0 bridgehead atoms. The Kier molecular flexibility index (Phi) is 3.50. The van der Waals surface area contributed by atoms with E-state index in [9.17, 15) is 9.90 Å². The highest BCUT2D eigenvalue weighted by molar-refractivity contribution is 8.16. The van der Waals surface area contributed by atoms with Crippen LogP contribution in [0.15, 0.2) is 4.99 Å². The van der Waals surface area contributed by atoms with Crippen molar-refractivity contribution in [3.05, 3.63) is 0 Å². The minimum absolute atomic E-state index is 0.0507. The van der Waals surface area contributed by atoms with E-state index in [2.05, 4.69) is 24.2 Å². The summed E-state index contributed by atoms with van der Waals surface area (Å²) in [5.74, 6) is 0.323. The number of carbonyl (C=O) groups excluding carboxylic acids is 1. The van der Waals surface area contributed by atoms with Crippen molar-refractivity contribution in [3.63, 3.8) is 0 Å². The molecule has 1 amide bonds. The summed E-state index contributed by atoms with van der Waals surface area (Å²) in [6.45, 7) is 6.06. The zero-order valence-electron chi connectivity index (χ0n) is 10.6. The number of carbonyl (C=O) groups is 1. The second-order valence-electron chi connectivity index (χ2n) is 5.37. The average Bonchev–Trinajstić information content (AvgIpc) is 2.74. The number of hydrogen-bond donors (Lipinski definition) is 2. The number of thioether (sulfide) groups is 1. The van der Waals surface area contributed by atoms with E-state index in [0.29, 0.717) is 0 Å². The Morgan fingerprint density at radius 3 is 2.71 bits per heavy atom. The van der Waals surface area contributed by atoms with Crippen LogP contribution in [0.2, 0.25) is 0 Å². The molecule has 1 saturated carbocycles. The topological polar surface area (TPSA) is 61.7 Å². The van der Waals surface area contributed by atoms with E-state index in [0.717, 1.165) is 24.4 Å². The standard InChI is InChI=1S/C12H20N2O2S/c1-7(2)12(3)10(16)14-11(17-12)13-8-4-5-9(15)6-8/h7-9,15H,4-6H2,1-3H3,(H,13,14,16)/t8-,9?,12?/m1/s1. The van der Waals surface area contributed by atoms with Crippen molar-refractivity contribution in [3.8, 4) is 0 Å². The van der Waals surface area contributed by atoms with Crippen LogP contribution in [0.25, 0.3) is 0 Å². The van der Waals surface area contributed by atoms with Gasteiger partial charge >= 0.3 is 0 Å². The highest BCUT2D eigenvalue weighted by atomic mass is 32.2. The molecule has 96 valence electrons. The SMILES string of the molecule is CC(C)C1(C)SC(=N[C@@H]2CCC(O)C2)NC1=O. The summed E-state index contributed by atoms with van der Waals surface area (Å²) in [7, 11) is 0. The lowest BCUT2D eigenvalue weighted by molar-refractivity contribution is -0.122. The second kappa shape index (κ2) is 4.61. The number of rotatable bonds is 2. The molecule has 2 unspecified atom stereocenters. The van der Waals surface area contributed by atoms with E-state index in [1.807, 2.05) is 6.92 Å². The molecule has 4 nitrogen and oxygen atoms in total. The summed E-state index contributed by atoms with van der Waals surface area (Å²) in [6.07, 6.45) is 2.24. The summed E-state index contributed by atoms with van der Waals surface area (Å²) in [4.78, 5) is 16.5. The van der Waals surface area contributed by atoms with Gasteiger partial charge in [-0.3, -0.25) is 9.79 Å². The van der Waals surface area contributed by atoms with E-state index in [1.165, 1.54) is 11.8 Å². The van der Waals surface area contributed by atoms with Gasteiger partial charge in [0.25, 0.3) is 0 Å². The molecule has 17 heavy (non-hydrogen) atoms. The molecule has 2 N–H and O–H groups in total. The lowest BCUT2D eigenvalue weighted by atomic mass is 9.96. The first-order chi connectivity index (χ1) is 7.91. The Hall–Kier alpha value is -0.550. The minimum atomic E-state index is -0.407. The molecule has 0 aromatic heterocycles. The first-order valence-corrected chi connectivity index (χ1v) is 7.00. The normalized spacial score (nSPS) is 40.3. The van der Waals surface area contributed by atoms with Crippen LogP contribution in [0.1, 0.15) is 40.0 Å². The van der Waals surface area contributed by atoms with Gasteiger partial charge in [0.1, 0.15) is 4.75 Å². The Labute approximate surface area is 106 Å². The maximum Gasteiger partial charge on any atom is 0.242 e. The highest BCUT2D eigenvalue weighted by Crippen LogP contribution is 2.38. The number of nitrogens with zero attached hydrogens (tertiary/aromatic N) is 1. The zero-order chi connectivity index (χ0) is 12.6. The number of aliphatic imine (C=N–C) groups is 1. The maximum absolute atomic E-state index is 11.9. The third-order valence-corrected chi connectivity index (χ3v) is 5.24. The number of aliphatic hydroxyl groups is 1.